The summed E-state index contributed by atoms with van der Waals surface area (Å²) in [6.45, 7) is 2.34. The third-order valence-corrected chi connectivity index (χ3v) is 4.36. The molecule has 19 heavy (non-hydrogen) atoms. The first-order chi connectivity index (χ1) is 9.33. The minimum atomic E-state index is 0.837. The van der Waals surface area contributed by atoms with E-state index in [1.807, 2.05) is 10.7 Å². The zero-order valence-corrected chi connectivity index (χ0v) is 12.4. The number of piperidine rings is 1. The smallest absolute Gasteiger partial charge is 0.109 e. The van der Waals surface area contributed by atoms with E-state index < -0.39 is 0 Å². The van der Waals surface area contributed by atoms with Gasteiger partial charge in [0.05, 0.1) is 11.9 Å². The highest BCUT2D eigenvalue weighted by atomic mass is 79.9. The van der Waals surface area contributed by atoms with E-state index in [4.69, 9.17) is 0 Å². The summed E-state index contributed by atoms with van der Waals surface area (Å²) in [5.74, 6) is 0.837. The van der Waals surface area contributed by atoms with Crippen LogP contribution >= 0.6 is 15.9 Å². The summed E-state index contributed by atoms with van der Waals surface area (Å²) in [5, 5.41) is 7.71. The number of halogens is 1. The molecule has 0 atom stereocenters. The fourth-order valence-corrected chi connectivity index (χ4v) is 3.08. The third kappa shape index (κ3) is 3.07. The van der Waals surface area contributed by atoms with Crippen LogP contribution < -0.4 is 5.32 Å². The molecule has 3 nitrogen and oxygen atoms in total. The van der Waals surface area contributed by atoms with E-state index in [-0.39, 0.29) is 0 Å². The first kappa shape index (κ1) is 12.9. The quantitative estimate of drug-likeness (QED) is 0.941. The van der Waals surface area contributed by atoms with Crippen molar-refractivity contribution in [3.05, 3.63) is 46.7 Å². The lowest BCUT2D eigenvalue weighted by Gasteiger charge is -2.22. The Balaban J connectivity index is 1.70. The zero-order chi connectivity index (χ0) is 13.1. The molecule has 0 radical (unpaired) electrons. The van der Waals surface area contributed by atoms with Crippen molar-refractivity contribution in [2.45, 2.75) is 19.3 Å². The maximum atomic E-state index is 4.29. The average molecular weight is 320 g/mol. The lowest BCUT2D eigenvalue weighted by atomic mass is 9.91. The molecule has 0 saturated carbocycles. The van der Waals surface area contributed by atoms with Crippen molar-refractivity contribution in [3.63, 3.8) is 0 Å². The van der Waals surface area contributed by atoms with E-state index in [1.165, 1.54) is 37.9 Å². The molecule has 2 heterocycles. The average Bonchev–Trinajstić information content (AvgIpc) is 2.87. The minimum absolute atomic E-state index is 0.837. The molecule has 100 valence electrons. The zero-order valence-electron chi connectivity index (χ0n) is 10.8. The predicted octanol–water partition coefficient (Wildman–Crippen LogP) is 3.18. The van der Waals surface area contributed by atoms with Crippen molar-refractivity contribution in [1.82, 2.24) is 15.1 Å². The second-order valence-corrected chi connectivity index (χ2v) is 5.94. The molecule has 0 spiro atoms. The van der Waals surface area contributed by atoms with Gasteiger partial charge >= 0.3 is 0 Å². The van der Waals surface area contributed by atoms with Crippen molar-refractivity contribution >= 4 is 15.9 Å². The Morgan fingerprint density at radius 1 is 1.16 bits per heavy atom. The molecule has 0 unspecified atom stereocenters. The summed E-state index contributed by atoms with van der Waals surface area (Å²) in [5.41, 5.74) is 2.53. The number of rotatable bonds is 3. The molecule has 1 aliphatic heterocycles. The summed E-state index contributed by atoms with van der Waals surface area (Å²) in [7, 11) is 0. The van der Waals surface area contributed by atoms with Crippen LogP contribution in [0.25, 0.3) is 5.69 Å². The van der Waals surface area contributed by atoms with Gasteiger partial charge in [-0.05, 0) is 78.0 Å². The van der Waals surface area contributed by atoms with Gasteiger partial charge in [-0.3, -0.25) is 0 Å². The van der Waals surface area contributed by atoms with Gasteiger partial charge in [0.2, 0.25) is 0 Å². The van der Waals surface area contributed by atoms with Crippen LogP contribution in [-0.2, 0) is 6.42 Å². The lowest BCUT2D eigenvalue weighted by Crippen LogP contribution is -2.28. The molecule has 0 amide bonds. The molecule has 1 aliphatic rings. The number of hydrogen-bond donors (Lipinski definition) is 1. The van der Waals surface area contributed by atoms with E-state index in [0.29, 0.717) is 0 Å². The van der Waals surface area contributed by atoms with E-state index in [1.54, 1.807) is 6.20 Å². The minimum Gasteiger partial charge on any atom is -0.317 e. The molecular formula is C15H18BrN3. The van der Waals surface area contributed by atoms with Gasteiger partial charge in [-0.2, -0.15) is 5.10 Å². The Kier molecular flexibility index (Phi) is 3.99. The van der Waals surface area contributed by atoms with Gasteiger partial charge in [0.15, 0.2) is 0 Å². The van der Waals surface area contributed by atoms with Crippen LogP contribution in [0.2, 0.25) is 0 Å². The summed E-state index contributed by atoms with van der Waals surface area (Å²) >= 11 is 3.49. The fourth-order valence-electron chi connectivity index (χ4n) is 2.67. The van der Waals surface area contributed by atoms with Crippen LogP contribution in [-0.4, -0.2) is 22.9 Å². The summed E-state index contributed by atoms with van der Waals surface area (Å²) < 4.78 is 2.88. The van der Waals surface area contributed by atoms with Crippen LogP contribution in [0.15, 0.2) is 41.1 Å². The molecule has 1 N–H and O–H groups in total. The van der Waals surface area contributed by atoms with Crippen molar-refractivity contribution in [2.75, 3.05) is 13.1 Å². The van der Waals surface area contributed by atoms with Crippen LogP contribution in [0.5, 0.6) is 0 Å². The Hall–Kier alpha value is -1.13. The number of nitrogens with one attached hydrogen (secondary N) is 1. The first-order valence-electron chi connectivity index (χ1n) is 6.82. The molecule has 1 aromatic heterocycles. The maximum Gasteiger partial charge on any atom is 0.109 e. The lowest BCUT2D eigenvalue weighted by molar-refractivity contribution is 0.372. The second kappa shape index (κ2) is 5.88. The monoisotopic (exact) mass is 319 g/mol. The summed E-state index contributed by atoms with van der Waals surface area (Å²) in [6, 6.07) is 10.7. The van der Waals surface area contributed by atoms with E-state index in [2.05, 4.69) is 50.6 Å². The molecule has 1 saturated heterocycles. The topological polar surface area (TPSA) is 29.9 Å². The molecule has 0 bridgehead atoms. The Morgan fingerprint density at radius 3 is 2.53 bits per heavy atom. The summed E-state index contributed by atoms with van der Waals surface area (Å²) in [4.78, 5) is 0. The van der Waals surface area contributed by atoms with Gasteiger partial charge in [0.1, 0.15) is 4.60 Å². The highest BCUT2D eigenvalue weighted by molar-refractivity contribution is 9.10. The van der Waals surface area contributed by atoms with E-state index in [9.17, 15) is 0 Å². The number of benzene rings is 1. The Labute approximate surface area is 122 Å². The van der Waals surface area contributed by atoms with Gasteiger partial charge < -0.3 is 5.32 Å². The van der Waals surface area contributed by atoms with Crippen molar-refractivity contribution in [1.29, 1.82) is 0 Å². The Bertz CT molecular complexity index is 527. The van der Waals surface area contributed by atoms with Crippen molar-refractivity contribution in [2.24, 2.45) is 5.92 Å². The number of hydrogen-bond acceptors (Lipinski definition) is 2. The summed E-state index contributed by atoms with van der Waals surface area (Å²) in [6.07, 6.45) is 5.59. The third-order valence-electron chi connectivity index (χ3n) is 3.76. The van der Waals surface area contributed by atoms with Gasteiger partial charge in [0, 0.05) is 0 Å². The van der Waals surface area contributed by atoms with Crippen LogP contribution in [0.3, 0.4) is 0 Å². The van der Waals surface area contributed by atoms with Crippen LogP contribution in [0.1, 0.15) is 18.4 Å². The fraction of sp³-hybridized carbons (Fsp3) is 0.400. The van der Waals surface area contributed by atoms with Crippen molar-refractivity contribution in [3.8, 4) is 5.69 Å². The van der Waals surface area contributed by atoms with Crippen LogP contribution in [0.4, 0.5) is 0 Å². The highest BCUT2D eigenvalue weighted by Crippen LogP contribution is 2.20. The molecule has 1 fully saturated rings. The van der Waals surface area contributed by atoms with Gasteiger partial charge in [-0.25, -0.2) is 4.68 Å². The molecule has 4 heteroatoms. The van der Waals surface area contributed by atoms with Gasteiger partial charge in [-0.15, -0.1) is 0 Å². The normalized spacial score (nSPS) is 16.7. The molecule has 2 aromatic rings. The Morgan fingerprint density at radius 2 is 1.89 bits per heavy atom. The SMILES string of the molecule is Brc1ccnn1-c1ccc(CC2CCNCC2)cc1. The van der Waals surface area contributed by atoms with E-state index in [0.717, 1.165) is 16.2 Å². The number of nitrogens with zero attached hydrogens (tertiary/aromatic N) is 2. The van der Waals surface area contributed by atoms with E-state index >= 15 is 0 Å². The maximum absolute atomic E-state index is 4.29. The van der Waals surface area contributed by atoms with Gasteiger partial charge in [-0.1, -0.05) is 12.1 Å². The first-order valence-corrected chi connectivity index (χ1v) is 7.62. The molecular weight excluding hydrogens is 302 g/mol. The largest absolute Gasteiger partial charge is 0.317 e. The van der Waals surface area contributed by atoms with Crippen molar-refractivity contribution < 1.29 is 0 Å². The standard InChI is InChI=1S/C15H18BrN3/c16-15-7-10-18-19(15)14-3-1-12(2-4-14)11-13-5-8-17-9-6-13/h1-4,7,10,13,17H,5-6,8-9,11H2. The number of aromatic nitrogens is 2. The molecule has 1 aromatic carbocycles. The predicted molar refractivity (Wildman–Crippen MR) is 80.6 cm³/mol. The van der Waals surface area contributed by atoms with Gasteiger partial charge in [0.25, 0.3) is 0 Å². The van der Waals surface area contributed by atoms with Crippen LogP contribution in [0, 0.1) is 5.92 Å². The highest BCUT2D eigenvalue weighted by Gasteiger charge is 2.13. The second-order valence-electron chi connectivity index (χ2n) is 5.13. The molecule has 0 aliphatic carbocycles. The molecule has 3 rings (SSSR count).